The first kappa shape index (κ1) is 17.0. The molecule has 4 N–H and O–H groups in total. The maximum Gasteiger partial charge on any atom is 0.137 e. The van der Waals surface area contributed by atoms with Crippen LogP contribution >= 0.6 is 0 Å². The first-order valence-corrected chi connectivity index (χ1v) is 9.44. The largest absolute Gasteiger partial charge is 0.398 e. The number of anilines is 2. The molecule has 0 amide bonds. The summed E-state index contributed by atoms with van der Waals surface area (Å²) in [6.45, 7) is 1.50. The van der Waals surface area contributed by atoms with E-state index < -0.39 is 0 Å². The van der Waals surface area contributed by atoms with E-state index in [1.807, 2.05) is 10.9 Å². The molecule has 7 heteroatoms. The zero-order valence-electron chi connectivity index (χ0n) is 14.9. The first-order valence-electron chi connectivity index (χ1n) is 9.44. The third-order valence-electron chi connectivity index (χ3n) is 5.38. The zero-order valence-corrected chi connectivity index (χ0v) is 14.9. The van der Waals surface area contributed by atoms with Crippen LogP contribution < -0.4 is 11.1 Å². The van der Waals surface area contributed by atoms with Gasteiger partial charge in [-0.1, -0.05) is 12.8 Å². The van der Waals surface area contributed by atoms with Gasteiger partial charge in [0.2, 0.25) is 0 Å². The minimum Gasteiger partial charge on any atom is -0.398 e. The number of rotatable bonds is 5. The van der Waals surface area contributed by atoms with Gasteiger partial charge >= 0.3 is 0 Å². The summed E-state index contributed by atoms with van der Waals surface area (Å²) >= 11 is 0. The molecule has 0 unspecified atom stereocenters. The molecule has 1 aliphatic carbocycles. The minimum absolute atomic E-state index is 0.297. The number of pyridine rings is 1. The first-order chi connectivity index (χ1) is 12.7. The van der Waals surface area contributed by atoms with E-state index in [9.17, 15) is 0 Å². The van der Waals surface area contributed by atoms with Crippen molar-refractivity contribution < 1.29 is 4.74 Å². The van der Waals surface area contributed by atoms with Crippen molar-refractivity contribution in [3.05, 3.63) is 35.8 Å². The van der Waals surface area contributed by atoms with Crippen LogP contribution in [0.15, 0.2) is 24.7 Å². The number of hydrogen-bond acceptors (Lipinski definition) is 6. The van der Waals surface area contributed by atoms with Gasteiger partial charge in [0, 0.05) is 42.9 Å². The van der Waals surface area contributed by atoms with Crippen LogP contribution in [0.25, 0.3) is 0 Å². The summed E-state index contributed by atoms with van der Waals surface area (Å²) in [6.07, 6.45) is 12.1. The summed E-state index contributed by atoms with van der Waals surface area (Å²) in [5.74, 6) is 0.676. The lowest BCUT2D eigenvalue weighted by atomic mass is 10.0. The van der Waals surface area contributed by atoms with Crippen LogP contribution in [-0.4, -0.2) is 39.7 Å². The van der Waals surface area contributed by atoms with Crippen LogP contribution in [0, 0.1) is 5.41 Å². The second-order valence-electron chi connectivity index (χ2n) is 7.18. The summed E-state index contributed by atoms with van der Waals surface area (Å²) in [5, 5.41) is 16.7. The van der Waals surface area contributed by atoms with Crippen LogP contribution in [0.3, 0.4) is 0 Å². The van der Waals surface area contributed by atoms with E-state index in [0.717, 1.165) is 31.6 Å². The van der Waals surface area contributed by atoms with Crippen molar-refractivity contribution in [1.82, 2.24) is 14.8 Å². The maximum atomic E-state index is 8.72. The van der Waals surface area contributed by atoms with Gasteiger partial charge in [0.15, 0.2) is 0 Å². The Hall–Kier alpha value is -2.41. The number of nitrogens with zero attached hydrogens (tertiary/aromatic N) is 3. The van der Waals surface area contributed by atoms with Gasteiger partial charge in [0.25, 0.3) is 0 Å². The van der Waals surface area contributed by atoms with Crippen LogP contribution in [0.5, 0.6) is 0 Å². The van der Waals surface area contributed by atoms with Gasteiger partial charge in [-0.15, -0.1) is 0 Å². The Kier molecular flexibility index (Phi) is 4.88. The second-order valence-corrected chi connectivity index (χ2v) is 7.18. The molecule has 2 aliphatic rings. The summed E-state index contributed by atoms with van der Waals surface area (Å²) in [6, 6.07) is 2.51. The quantitative estimate of drug-likeness (QED) is 0.717. The van der Waals surface area contributed by atoms with E-state index in [0.29, 0.717) is 34.9 Å². The fourth-order valence-electron chi connectivity index (χ4n) is 3.86. The predicted octanol–water partition coefficient (Wildman–Crippen LogP) is 2.98. The number of ether oxygens (including phenoxy) is 1. The standard InChI is InChI=1S/C19H26N6O/c20-16-5-8-22-19(24-14-6-9-26-10-7-14)17(16)18(21)13-11-23-25(12-13)15-3-1-2-4-15/h5,8,11-12,14-15,21H,1-4,6-7,9-10H2,(H3,20,22,24). The highest BCUT2D eigenvalue weighted by Gasteiger charge is 2.22. The van der Waals surface area contributed by atoms with Crippen molar-refractivity contribution in [2.75, 3.05) is 24.3 Å². The van der Waals surface area contributed by atoms with E-state index >= 15 is 0 Å². The molecule has 2 fully saturated rings. The Morgan fingerprint density at radius 2 is 2.00 bits per heavy atom. The molecule has 1 aliphatic heterocycles. The average molecular weight is 354 g/mol. The van der Waals surface area contributed by atoms with Crippen molar-refractivity contribution in [3.63, 3.8) is 0 Å². The molecular weight excluding hydrogens is 328 g/mol. The molecule has 2 aromatic heterocycles. The lowest BCUT2D eigenvalue weighted by molar-refractivity contribution is 0.0904. The topological polar surface area (TPSA) is 102 Å². The SMILES string of the molecule is N=C(c1cnn(C2CCCC2)c1)c1c(N)ccnc1NC1CCOCC1. The number of aromatic nitrogens is 3. The molecule has 0 bridgehead atoms. The minimum atomic E-state index is 0.297. The lowest BCUT2D eigenvalue weighted by Gasteiger charge is -2.25. The molecular formula is C19H26N6O. The molecule has 2 aromatic rings. The zero-order chi connectivity index (χ0) is 17.9. The molecule has 0 aromatic carbocycles. The third-order valence-corrected chi connectivity index (χ3v) is 5.38. The van der Waals surface area contributed by atoms with Gasteiger partial charge in [-0.3, -0.25) is 10.1 Å². The normalized spacial score (nSPS) is 18.9. The van der Waals surface area contributed by atoms with E-state index in [1.54, 1.807) is 18.5 Å². The Morgan fingerprint density at radius 1 is 1.23 bits per heavy atom. The summed E-state index contributed by atoms with van der Waals surface area (Å²) < 4.78 is 7.43. The third kappa shape index (κ3) is 3.44. The van der Waals surface area contributed by atoms with Gasteiger partial charge in [-0.25, -0.2) is 4.98 Å². The van der Waals surface area contributed by atoms with E-state index in [-0.39, 0.29) is 0 Å². The number of nitrogens with two attached hydrogens (primary N) is 1. The second kappa shape index (κ2) is 7.45. The van der Waals surface area contributed by atoms with Crippen LogP contribution in [-0.2, 0) is 4.74 Å². The maximum absolute atomic E-state index is 8.72. The van der Waals surface area contributed by atoms with Crippen LogP contribution in [0.4, 0.5) is 11.5 Å². The van der Waals surface area contributed by atoms with Crippen LogP contribution in [0.2, 0.25) is 0 Å². The predicted molar refractivity (Wildman–Crippen MR) is 102 cm³/mol. The smallest absolute Gasteiger partial charge is 0.137 e. The van der Waals surface area contributed by atoms with Crippen molar-refractivity contribution >= 4 is 17.2 Å². The molecule has 3 heterocycles. The van der Waals surface area contributed by atoms with Crippen molar-refractivity contribution in [2.45, 2.75) is 50.6 Å². The molecule has 1 saturated heterocycles. The summed E-state index contributed by atoms with van der Waals surface area (Å²) in [4.78, 5) is 4.46. The number of hydrogen-bond donors (Lipinski definition) is 3. The van der Waals surface area contributed by atoms with E-state index in [2.05, 4.69) is 15.4 Å². The Morgan fingerprint density at radius 3 is 2.77 bits per heavy atom. The number of nitrogen functional groups attached to an aromatic ring is 1. The molecule has 4 rings (SSSR count). The van der Waals surface area contributed by atoms with E-state index in [4.69, 9.17) is 15.9 Å². The van der Waals surface area contributed by atoms with Gasteiger partial charge in [-0.05, 0) is 31.7 Å². The molecule has 138 valence electrons. The molecule has 0 radical (unpaired) electrons. The Balaban J connectivity index is 1.58. The van der Waals surface area contributed by atoms with Gasteiger partial charge in [0.1, 0.15) is 5.82 Å². The fraction of sp³-hybridized carbons (Fsp3) is 0.526. The fourth-order valence-corrected chi connectivity index (χ4v) is 3.86. The molecule has 26 heavy (non-hydrogen) atoms. The van der Waals surface area contributed by atoms with Crippen LogP contribution in [0.1, 0.15) is 55.7 Å². The molecule has 1 saturated carbocycles. The molecule has 0 spiro atoms. The highest BCUT2D eigenvalue weighted by Crippen LogP contribution is 2.30. The lowest BCUT2D eigenvalue weighted by Crippen LogP contribution is -2.29. The highest BCUT2D eigenvalue weighted by atomic mass is 16.5. The van der Waals surface area contributed by atoms with Gasteiger partial charge in [-0.2, -0.15) is 5.10 Å². The monoisotopic (exact) mass is 354 g/mol. The highest BCUT2D eigenvalue weighted by molar-refractivity contribution is 6.16. The number of nitrogens with one attached hydrogen (secondary N) is 2. The van der Waals surface area contributed by atoms with Gasteiger partial charge < -0.3 is 15.8 Å². The van der Waals surface area contributed by atoms with E-state index in [1.165, 1.54) is 25.7 Å². The summed E-state index contributed by atoms with van der Waals surface area (Å²) in [5.41, 5.74) is 8.60. The average Bonchev–Trinajstić information content (AvgIpc) is 3.34. The molecule has 7 nitrogen and oxygen atoms in total. The van der Waals surface area contributed by atoms with Gasteiger partial charge in [0.05, 0.1) is 23.5 Å². The Bertz CT molecular complexity index is 774. The Labute approximate surface area is 153 Å². The molecule has 0 atom stereocenters. The van der Waals surface area contributed by atoms with Crippen molar-refractivity contribution in [2.24, 2.45) is 0 Å². The van der Waals surface area contributed by atoms with Crippen molar-refractivity contribution in [3.8, 4) is 0 Å². The van der Waals surface area contributed by atoms with Crippen molar-refractivity contribution in [1.29, 1.82) is 5.41 Å². The summed E-state index contributed by atoms with van der Waals surface area (Å²) in [7, 11) is 0.